The van der Waals surface area contributed by atoms with Crippen molar-refractivity contribution in [3.05, 3.63) is 28.5 Å². The van der Waals surface area contributed by atoms with E-state index in [1.165, 1.54) is 0 Å². The predicted octanol–water partition coefficient (Wildman–Crippen LogP) is 3.28. The number of pyridine rings is 1. The van der Waals surface area contributed by atoms with Gasteiger partial charge in [0.1, 0.15) is 0 Å². The molecule has 0 aromatic carbocycles. The third kappa shape index (κ3) is 3.76. The minimum atomic E-state index is 0.113. The summed E-state index contributed by atoms with van der Waals surface area (Å²) in [4.78, 5) is 4.11. The van der Waals surface area contributed by atoms with Crippen molar-refractivity contribution in [3.8, 4) is 0 Å². The molecule has 78 valence electrons. The lowest BCUT2D eigenvalue weighted by molar-refractivity contribution is 0.506. The van der Waals surface area contributed by atoms with Crippen LogP contribution in [0.1, 0.15) is 38.3 Å². The fourth-order valence-corrected chi connectivity index (χ4v) is 1.69. The molecule has 14 heavy (non-hydrogen) atoms. The molecule has 0 spiro atoms. The molecule has 0 amide bonds. The van der Waals surface area contributed by atoms with Crippen molar-refractivity contribution in [3.63, 3.8) is 0 Å². The summed E-state index contributed by atoms with van der Waals surface area (Å²) in [5.41, 5.74) is 7.16. The van der Waals surface area contributed by atoms with Crippen LogP contribution in [0.5, 0.6) is 0 Å². The van der Waals surface area contributed by atoms with Gasteiger partial charge in [0.25, 0.3) is 0 Å². The molecule has 1 unspecified atom stereocenters. The van der Waals surface area contributed by atoms with E-state index in [1.807, 2.05) is 12.3 Å². The van der Waals surface area contributed by atoms with Crippen molar-refractivity contribution in [1.29, 1.82) is 0 Å². The largest absolute Gasteiger partial charge is 0.324 e. The van der Waals surface area contributed by atoms with Gasteiger partial charge in [0.2, 0.25) is 0 Å². The minimum absolute atomic E-state index is 0.113. The summed E-state index contributed by atoms with van der Waals surface area (Å²) in [7, 11) is 0. The summed E-state index contributed by atoms with van der Waals surface area (Å²) < 4.78 is 0.995. The zero-order valence-corrected chi connectivity index (χ0v) is 10.3. The molecule has 0 aliphatic heterocycles. The highest BCUT2D eigenvalue weighted by molar-refractivity contribution is 9.10. The van der Waals surface area contributed by atoms with Gasteiger partial charge in [0.05, 0.1) is 0 Å². The summed E-state index contributed by atoms with van der Waals surface area (Å²) in [6.45, 7) is 4.43. The fraction of sp³-hybridized carbons (Fsp3) is 0.545. The molecule has 0 fully saturated rings. The number of hydrogen-bond donors (Lipinski definition) is 1. The highest BCUT2D eigenvalue weighted by atomic mass is 79.9. The lowest BCUT2D eigenvalue weighted by Gasteiger charge is -2.13. The number of rotatable bonds is 4. The van der Waals surface area contributed by atoms with Gasteiger partial charge in [-0.05, 0) is 46.3 Å². The summed E-state index contributed by atoms with van der Waals surface area (Å²) in [5.74, 6) is 0.709. The van der Waals surface area contributed by atoms with Crippen LogP contribution in [0.3, 0.4) is 0 Å². The zero-order chi connectivity index (χ0) is 10.6. The monoisotopic (exact) mass is 256 g/mol. The number of aromatic nitrogens is 1. The SMILES string of the molecule is CC(C)CCC(N)c1cncc(Br)c1. The number of nitrogens with two attached hydrogens (primary N) is 1. The molecule has 1 atom stereocenters. The normalized spacial score (nSPS) is 13.2. The first kappa shape index (κ1) is 11.7. The quantitative estimate of drug-likeness (QED) is 0.898. The lowest BCUT2D eigenvalue weighted by Crippen LogP contribution is -2.11. The Morgan fingerprint density at radius 3 is 2.64 bits per heavy atom. The van der Waals surface area contributed by atoms with E-state index in [4.69, 9.17) is 5.73 Å². The van der Waals surface area contributed by atoms with Gasteiger partial charge in [-0.3, -0.25) is 4.98 Å². The number of hydrogen-bond acceptors (Lipinski definition) is 2. The van der Waals surface area contributed by atoms with E-state index in [0.717, 1.165) is 22.9 Å². The van der Waals surface area contributed by atoms with Crippen molar-refractivity contribution in [2.75, 3.05) is 0 Å². The Kier molecular flexibility index (Phi) is 4.55. The first-order chi connectivity index (χ1) is 6.59. The van der Waals surface area contributed by atoms with E-state index >= 15 is 0 Å². The standard InChI is InChI=1S/C11H17BrN2/c1-8(2)3-4-11(13)9-5-10(12)7-14-6-9/h5-8,11H,3-4,13H2,1-2H3. The van der Waals surface area contributed by atoms with Crippen molar-refractivity contribution < 1.29 is 0 Å². The topological polar surface area (TPSA) is 38.9 Å². The Hall–Kier alpha value is -0.410. The van der Waals surface area contributed by atoms with Crippen molar-refractivity contribution in [2.24, 2.45) is 11.7 Å². The van der Waals surface area contributed by atoms with Crippen molar-refractivity contribution in [1.82, 2.24) is 4.98 Å². The Balaban J connectivity index is 2.56. The van der Waals surface area contributed by atoms with Crippen LogP contribution in [-0.4, -0.2) is 4.98 Å². The second-order valence-electron chi connectivity index (χ2n) is 4.01. The predicted molar refractivity (Wildman–Crippen MR) is 62.9 cm³/mol. The van der Waals surface area contributed by atoms with Gasteiger partial charge in [-0.25, -0.2) is 0 Å². The Morgan fingerprint density at radius 2 is 2.07 bits per heavy atom. The van der Waals surface area contributed by atoms with Gasteiger partial charge in [-0.15, -0.1) is 0 Å². The molecule has 1 rings (SSSR count). The van der Waals surface area contributed by atoms with E-state index < -0.39 is 0 Å². The molecule has 0 aliphatic carbocycles. The highest BCUT2D eigenvalue weighted by Crippen LogP contribution is 2.20. The van der Waals surface area contributed by atoms with Gasteiger partial charge in [0, 0.05) is 22.9 Å². The van der Waals surface area contributed by atoms with Gasteiger partial charge < -0.3 is 5.73 Å². The molecular formula is C11H17BrN2. The fourth-order valence-electron chi connectivity index (χ4n) is 1.31. The maximum atomic E-state index is 6.05. The summed E-state index contributed by atoms with van der Waals surface area (Å²) >= 11 is 3.39. The first-order valence-corrected chi connectivity index (χ1v) is 5.75. The van der Waals surface area contributed by atoms with E-state index in [9.17, 15) is 0 Å². The molecule has 0 aliphatic rings. The second kappa shape index (κ2) is 5.47. The molecule has 1 heterocycles. The van der Waals surface area contributed by atoms with Crippen molar-refractivity contribution >= 4 is 15.9 Å². The Bertz CT molecular complexity index is 286. The summed E-state index contributed by atoms with van der Waals surface area (Å²) in [6.07, 6.45) is 5.80. The molecular weight excluding hydrogens is 240 g/mol. The average molecular weight is 257 g/mol. The van der Waals surface area contributed by atoms with Crippen LogP contribution in [0.4, 0.5) is 0 Å². The molecule has 1 aromatic heterocycles. The lowest BCUT2D eigenvalue weighted by atomic mass is 10.00. The molecule has 0 radical (unpaired) electrons. The van der Waals surface area contributed by atoms with Crippen LogP contribution < -0.4 is 5.73 Å². The van der Waals surface area contributed by atoms with Crippen LogP contribution in [0, 0.1) is 5.92 Å². The molecule has 3 heteroatoms. The smallest absolute Gasteiger partial charge is 0.0410 e. The summed E-state index contributed by atoms with van der Waals surface area (Å²) in [5, 5.41) is 0. The Labute approximate surface area is 94.0 Å². The minimum Gasteiger partial charge on any atom is -0.324 e. The van der Waals surface area contributed by atoms with Crippen LogP contribution >= 0.6 is 15.9 Å². The van der Waals surface area contributed by atoms with E-state index in [-0.39, 0.29) is 6.04 Å². The third-order valence-electron chi connectivity index (χ3n) is 2.21. The number of nitrogens with zero attached hydrogens (tertiary/aromatic N) is 1. The maximum absolute atomic E-state index is 6.05. The van der Waals surface area contributed by atoms with E-state index in [0.29, 0.717) is 5.92 Å². The third-order valence-corrected chi connectivity index (χ3v) is 2.64. The molecule has 2 nitrogen and oxygen atoms in total. The highest BCUT2D eigenvalue weighted by Gasteiger charge is 2.07. The van der Waals surface area contributed by atoms with Crippen LogP contribution in [0.25, 0.3) is 0 Å². The average Bonchev–Trinajstić information content (AvgIpc) is 2.14. The van der Waals surface area contributed by atoms with Gasteiger partial charge in [-0.1, -0.05) is 13.8 Å². The number of halogens is 1. The Morgan fingerprint density at radius 1 is 1.36 bits per heavy atom. The van der Waals surface area contributed by atoms with E-state index in [1.54, 1.807) is 6.20 Å². The van der Waals surface area contributed by atoms with Crippen LogP contribution in [-0.2, 0) is 0 Å². The molecule has 2 N–H and O–H groups in total. The zero-order valence-electron chi connectivity index (χ0n) is 8.70. The van der Waals surface area contributed by atoms with Crippen LogP contribution in [0.15, 0.2) is 22.9 Å². The molecule has 0 saturated heterocycles. The first-order valence-electron chi connectivity index (χ1n) is 4.95. The van der Waals surface area contributed by atoms with Gasteiger partial charge in [0.15, 0.2) is 0 Å². The molecule has 0 bridgehead atoms. The van der Waals surface area contributed by atoms with Crippen molar-refractivity contribution in [2.45, 2.75) is 32.7 Å². The summed E-state index contributed by atoms with van der Waals surface area (Å²) in [6, 6.07) is 2.15. The van der Waals surface area contributed by atoms with Gasteiger partial charge in [-0.2, -0.15) is 0 Å². The maximum Gasteiger partial charge on any atom is 0.0410 e. The molecule has 0 saturated carbocycles. The van der Waals surface area contributed by atoms with Crippen LogP contribution in [0.2, 0.25) is 0 Å². The molecule has 1 aromatic rings. The van der Waals surface area contributed by atoms with E-state index in [2.05, 4.69) is 34.8 Å². The second-order valence-corrected chi connectivity index (χ2v) is 4.93. The van der Waals surface area contributed by atoms with Gasteiger partial charge >= 0.3 is 0 Å².